The molecule has 5 nitrogen and oxygen atoms in total. The fourth-order valence-electron chi connectivity index (χ4n) is 3.17. The predicted octanol–water partition coefficient (Wildman–Crippen LogP) is 5.74. The maximum absolute atomic E-state index is 12.8. The number of nitrogens with zero attached hydrogens (tertiary/aromatic N) is 1. The van der Waals surface area contributed by atoms with Gasteiger partial charge in [0.1, 0.15) is 15.8 Å². The Labute approximate surface area is 193 Å². The molecule has 0 bridgehead atoms. The second kappa shape index (κ2) is 9.09. The van der Waals surface area contributed by atoms with Crippen molar-refractivity contribution in [1.29, 1.82) is 0 Å². The van der Waals surface area contributed by atoms with Crippen molar-refractivity contribution in [3.63, 3.8) is 0 Å². The number of rotatable bonds is 6. The van der Waals surface area contributed by atoms with E-state index in [1.165, 1.54) is 17.8 Å². The van der Waals surface area contributed by atoms with Gasteiger partial charge in [0, 0.05) is 18.2 Å². The number of benzene rings is 2. The summed E-state index contributed by atoms with van der Waals surface area (Å²) < 4.78 is 6.32. The smallest absolute Gasteiger partial charge is 0.337 e. The summed E-state index contributed by atoms with van der Waals surface area (Å²) in [6.45, 7) is 0.507. The average Bonchev–Trinajstić information content (AvgIpc) is 3.32. The molecule has 0 unspecified atom stereocenters. The lowest BCUT2D eigenvalue weighted by atomic mass is 10.1. The van der Waals surface area contributed by atoms with Crippen molar-refractivity contribution in [1.82, 2.24) is 4.90 Å². The molecule has 0 saturated carbocycles. The van der Waals surface area contributed by atoms with Crippen LogP contribution in [0.3, 0.4) is 0 Å². The van der Waals surface area contributed by atoms with E-state index in [2.05, 4.69) is 0 Å². The molecular weight excluding hydrogens is 454 g/mol. The molecule has 0 spiro atoms. The number of hydrogen-bond acceptors (Lipinski definition) is 5. The Morgan fingerprint density at radius 2 is 1.90 bits per heavy atom. The van der Waals surface area contributed by atoms with Gasteiger partial charge in [-0.3, -0.25) is 9.69 Å². The maximum atomic E-state index is 12.8. The summed E-state index contributed by atoms with van der Waals surface area (Å²) in [7, 11) is 0. The zero-order valence-electron chi connectivity index (χ0n) is 16.1. The first-order valence-corrected chi connectivity index (χ1v) is 11.0. The summed E-state index contributed by atoms with van der Waals surface area (Å²) in [4.78, 5) is 26.2. The predicted molar refractivity (Wildman–Crippen MR) is 126 cm³/mol. The molecule has 2 aromatic carbocycles. The molecule has 0 atom stereocenters. The quantitative estimate of drug-likeness (QED) is 0.366. The van der Waals surface area contributed by atoms with E-state index in [0.717, 1.165) is 5.56 Å². The highest BCUT2D eigenvalue weighted by atomic mass is 35.5. The highest BCUT2D eigenvalue weighted by molar-refractivity contribution is 8.26. The molecule has 1 N–H and O–H groups in total. The molecule has 1 amide bonds. The molecule has 3 aromatic rings. The topological polar surface area (TPSA) is 70.8 Å². The number of aromatic carboxylic acids is 1. The minimum absolute atomic E-state index is 0.00333. The third-order valence-electron chi connectivity index (χ3n) is 4.74. The van der Waals surface area contributed by atoms with Crippen molar-refractivity contribution in [3.05, 3.63) is 87.5 Å². The highest BCUT2D eigenvalue weighted by Gasteiger charge is 2.32. The normalized spacial score (nSPS) is 15.1. The van der Waals surface area contributed by atoms with Crippen LogP contribution in [0.1, 0.15) is 21.7 Å². The van der Waals surface area contributed by atoms with E-state index in [1.807, 2.05) is 30.3 Å². The first-order chi connectivity index (χ1) is 14.9. The molecule has 0 radical (unpaired) electrons. The van der Waals surface area contributed by atoms with Crippen molar-refractivity contribution in [2.24, 2.45) is 0 Å². The summed E-state index contributed by atoms with van der Waals surface area (Å²) in [6.07, 6.45) is 2.35. The summed E-state index contributed by atoms with van der Waals surface area (Å²) in [5.74, 6) is -0.401. The van der Waals surface area contributed by atoms with E-state index < -0.39 is 5.97 Å². The van der Waals surface area contributed by atoms with Crippen LogP contribution in [0.2, 0.25) is 5.02 Å². The van der Waals surface area contributed by atoms with Gasteiger partial charge in [0.05, 0.1) is 15.5 Å². The molecule has 2 heterocycles. The van der Waals surface area contributed by atoms with Crippen LogP contribution in [-0.2, 0) is 11.2 Å². The van der Waals surface area contributed by atoms with Gasteiger partial charge >= 0.3 is 5.97 Å². The van der Waals surface area contributed by atoms with Gasteiger partial charge in [0.25, 0.3) is 5.91 Å². The molecule has 156 valence electrons. The van der Waals surface area contributed by atoms with Crippen molar-refractivity contribution >= 4 is 57.9 Å². The number of halogens is 1. The first-order valence-electron chi connectivity index (χ1n) is 9.35. The molecule has 1 aliphatic rings. The second-order valence-electron chi connectivity index (χ2n) is 6.74. The standard InChI is InChI=1S/C23H16ClNO4S2/c24-20-16(7-4-8-17(20)22(27)28)18-10-9-15(29-18)13-19-21(26)25(23(30)31-19)12-11-14-5-2-1-3-6-14/h1-10,13H,11-12H2,(H,27,28)/b19-13-. The Hall–Kier alpha value is -2.87. The molecule has 1 fully saturated rings. The maximum Gasteiger partial charge on any atom is 0.337 e. The van der Waals surface area contributed by atoms with Gasteiger partial charge in [-0.2, -0.15) is 0 Å². The fraction of sp³-hybridized carbons (Fsp3) is 0.0870. The van der Waals surface area contributed by atoms with Gasteiger partial charge in [-0.05, 0) is 36.2 Å². The number of carbonyl (C=O) groups is 2. The minimum atomic E-state index is -1.11. The lowest BCUT2D eigenvalue weighted by molar-refractivity contribution is -0.122. The molecule has 31 heavy (non-hydrogen) atoms. The molecule has 1 aromatic heterocycles. The lowest BCUT2D eigenvalue weighted by Crippen LogP contribution is -2.30. The molecular formula is C23H16ClNO4S2. The highest BCUT2D eigenvalue weighted by Crippen LogP contribution is 2.35. The van der Waals surface area contributed by atoms with Gasteiger partial charge in [-0.15, -0.1) is 0 Å². The van der Waals surface area contributed by atoms with E-state index in [0.29, 0.717) is 39.3 Å². The van der Waals surface area contributed by atoms with Crippen molar-refractivity contribution in [2.45, 2.75) is 6.42 Å². The van der Waals surface area contributed by atoms with Crippen LogP contribution >= 0.6 is 35.6 Å². The van der Waals surface area contributed by atoms with Crippen molar-refractivity contribution in [2.75, 3.05) is 6.54 Å². The monoisotopic (exact) mass is 469 g/mol. The molecule has 4 rings (SSSR count). The van der Waals surface area contributed by atoms with Crippen LogP contribution in [0, 0.1) is 0 Å². The molecule has 1 saturated heterocycles. The number of carbonyl (C=O) groups excluding carboxylic acids is 1. The van der Waals surface area contributed by atoms with E-state index in [4.69, 9.17) is 28.2 Å². The number of amides is 1. The van der Waals surface area contributed by atoms with Crippen LogP contribution < -0.4 is 0 Å². The second-order valence-corrected chi connectivity index (χ2v) is 8.80. The van der Waals surface area contributed by atoms with Gasteiger partial charge in [-0.25, -0.2) is 4.79 Å². The third-order valence-corrected chi connectivity index (χ3v) is 6.52. The van der Waals surface area contributed by atoms with Crippen LogP contribution in [-0.4, -0.2) is 32.7 Å². The van der Waals surface area contributed by atoms with E-state index in [1.54, 1.807) is 35.2 Å². The van der Waals surface area contributed by atoms with Crippen LogP contribution in [0.25, 0.3) is 17.4 Å². The molecule has 8 heteroatoms. The van der Waals surface area contributed by atoms with Gasteiger partial charge in [0.2, 0.25) is 0 Å². The lowest BCUT2D eigenvalue weighted by Gasteiger charge is -2.14. The number of furan rings is 1. The Morgan fingerprint density at radius 1 is 1.13 bits per heavy atom. The largest absolute Gasteiger partial charge is 0.478 e. The Balaban J connectivity index is 1.52. The molecule has 1 aliphatic heterocycles. The Kier molecular flexibility index (Phi) is 6.27. The fourth-order valence-corrected chi connectivity index (χ4v) is 4.76. The Bertz CT molecular complexity index is 1200. The van der Waals surface area contributed by atoms with Gasteiger partial charge in [0.15, 0.2) is 0 Å². The van der Waals surface area contributed by atoms with Crippen molar-refractivity contribution < 1.29 is 19.1 Å². The van der Waals surface area contributed by atoms with Crippen LogP contribution in [0.4, 0.5) is 0 Å². The van der Waals surface area contributed by atoms with E-state index >= 15 is 0 Å². The summed E-state index contributed by atoms with van der Waals surface area (Å²) in [6, 6.07) is 18.0. The number of thioether (sulfide) groups is 1. The summed E-state index contributed by atoms with van der Waals surface area (Å²) in [5, 5.41) is 9.35. The first kappa shape index (κ1) is 21.4. The zero-order valence-corrected chi connectivity index (χ0v) is 18.5. The SMILES string of the molecule is O=C(O)c1cccc(-c2ccc(/C=C3\SC(=S)N(CCc4ccccc4)C3=O)o2)c1Cl. The Morgan fingerprint density at radius 3 is 2.65 bits per heavy atom. The van der Waals surface area contributed by atoms with E-state index in [9.17, 15) is 14.7 Å². The zero-order chi connectivity index (χ0) is 22.0. The third kappa shape index (κ3) is 4.58. The average molecular weight is 470 g/mol. The van der Waals surface area contributed by atoms with Gasteiger partial charge < -0.3 is 9.52 Å². The summed E-state index contributed by atoms with van der Waals surface area (Å²) in [5.41, 5.74) is 1.60. The van der Waals surface area contributed by atoms with Gasteiger partial charge in [-0.1, -0.05) is 72.0 Å². The number of carboxylic acids is 1. The van der Waals surface area contributed by atoms with Crippen LogP contribution in [0.15, 0.2) is 70.0 Å². The minimum Gasteiger partial charge on any atom is -0.478 e. The number of carboxylic acid groups (broad SMARTS) is 1. The number of thiocarbonyl (C=S) groups is 1. The van der Waals surface area contributed by atoms with E-state index in [-0.39, 0.29) is 16.5 Å². The van der Waals surface area contributed by atoms with Crippen LogP contribution in [0.5, 0.6) is 0 Å². The summed E-state index contributed by atoms with van der Waals surface area (Å²) >= 11 is 12.8. The van der Waals surface area contributed by atoms with Crippen molar-refractivity contribution in [3.8, 4) is 11.3 Å². The number of hydrogen-bond donors (Lipinski definition) is 1. The molecule has 0 aliphatic carbocycles.